The van der Waals surface area contributed by atoms with E-state index in [0.29, 0.717) is 5.91 Å². The highest BCUT2D eigenvalue weighted by Crippen LogP contribution is 2.34. The summed E-state index contributed by atoms with van der Waals surface area (Å²) in [5.74, 6) is 1.48. The Labute approximate surface area is 149 Å². The lowest BCUT2D eigenvalue weighted by molar-refractivity contribution is -0.132. The summed E-state index contributed by atoms with van der Waals surface area (Å²) in [4.78, 5) is 22.0. The number of hydrogen-bond acceptors (Lipinski definition) is 3. The zero-order valence-corrected chi connectivity index (χ0v) is 14.9. The van der Waals surface area contributed by atoms with E-state index in [0.717, 1.165) is 57.8 Å². The number of imidazole rings is 1. The summed E-state index contributed by atoms with van der Waals surface area (Å²) in [5, 5.41) is 0. The van der Waals surface area contributed by atoms with Gasteiger partial charge in [-0.05, 0) is 30.4 Å². The van der Waals surface area contributed by atoms with Gasteiger partial charge in [-0.2, -0.15) is 0 Å². The van der Waals surface area contributed by atoms with Crippen LogP contribution in [0.15, 0.2) is 36.7 Å². The van der Waals surface area contributed by atoms with Crippen LogP contribution in [0.1, 0.15) is 35.7 Å². The number of amides is 1. The molecule has 5 heteroatoms. The molecular formula is C20H26N4O. The summed E-state index contributed by atoms with van der Waals surface area (Å²) in [7, 11) is 2.04. The Hall–Kier alpha value is -2.14. The second kappa shape index (κ2) is 7.00. The monoisotopic (exact) mass is 338 g/mol. The molecule has 1 atom stereocenters. The van der Waals surface area contributed by atoms with Crippen molar-refractivity contribution < 1.29 is 4.79 Å². The van der Waals surface area contributed by atoms with Gasteiger partial charge in [-0.25, -0.2) is 4.98 Å². The van der Waals surface area contributed by atoms with E-state index in [1.54, 1.807) is 0 Å². The van der Waals surface area contributed by atoms with Gasteiger partial charge in [-0.1, -0.05) is 24.3 Å². The molecule has 0 spiro atoms. The summed E-state index contributed by atoms with van der Waals surface area (Å²) in [6.07, 6.45) is 6.86. The summed E-state index contributed by atoms with van der Waals surface area (Å²) in [5.41, 5.74) is 2.61. The standard InChI is InChI=1S/C20H26N4O/c1-22-12-9-21-19(22)15-23-10-4-11-24(14-13-23)20(25)18-8-7-16-5-2-3-6-17(16)18/h2-3,5-6,9,12,18H,4,7-8,10-11,13-15H2,1H3. The number of nitrogens with zero attached hydrogens (tertiary/aromatic N) is 4. The Kier molecular flexibility index (Phi) is 4.57. The van der Waals surface area contributed by atoms with E-state index in [9.17, 15) is 4.79 Å². The highest BCUT2D eigenvalue weighted by Gasteiger charge is 2.32. The van der Waals surface area contributed by atoms with E-state index in [2.05, 4.69) is 43.6 Å². The van der Waals surface area contributed by atoms with Crippen molar-refractivity contribution in [3.8, 4) is 0 Å². The van der Waals surface area contributed by atoms with Crippen LogP contribution in [-0.2, 0) is 24.8 Å². The first-order valence-electron chi connectivity index (χ1n) is 9.27. The van der Waals surface area contributed by atoms with Crippen LogP contribution >= 0.6 is 0 Å². The minimum Gasteiger partial charge on any atom is -0.341 e. The Bertz CT molecular complexity index is 754. The van der Waals surface area contributed by atoms with E-state index in [1.807, 2.05) is 19.4 Å². The zero-order valence-electron chi connectivity index (χ0n) is 14.9. The van der Waals surface area contributed by atoms with Crippen LogP contribution in [-0.4, -0.2) is 51.4 Å². The van der Waals surface area contributed by atoms with Crippen LogP contribution in [0.2, 0.25) is 0 Å². The van der Waals surface area contributed by atoms with Gasteiger partial charge < -0.3 is 9.47 Å². The molecule has 132 valence electrons. The molecule has 0 radical (unpaired) electrons. The fraction of sp³-hybridized carbons (Fsp3) is 0.500. The molecule has 2 aliphatic rings. The minimum absolute atomic E-state index is 0.0669. The smallest absolute Gasteiger partial charge is 0.230 e. The van der Waals surface area contributed by atoms with E-state index < -0.39 is 0 Å². The normalized spacial score (nSPS) is 21.2. The van der Waals surface area contributed by atoms with Crippen LogP contribution in [0.4, 0.5) is 0 Å². The molecule has 0 bridgehead atoms. The quantitative estimate of drug-likeness (QED) is 0.861. The number of carbonyl (C=O) groups is 1. The molecule has 1 aromatic heterocycles. The van der Waals surface area contributed by atoms with Crippen LogP contribution in [0, 0.1) is 0 Å². The zero-order chi connectivity index (χ0) is 17.2. The lowest BCUT2D eigenvalue weighted by Gasteiger charge is -2.25. The van der Waals surface area contributed by atoms with Crippen LogP contribution in [0.5, 0.6) is 0 Å². The van der Waals surface area contributed by atoms with E-state index in [1.165, 1.54) is 11.1 Å². The maximum absolute atomic E-state index is 13.1. The number of benzene rings is 1. The lowest BCUT2D eigenvalue weighted by atomic mass is 10.00. The van der Waals surface area contributed by atoms with Crippen molar-refractivity contribution in [3.05, 3.63) is 53.6 Å². The van der Waals surface area contributed by atoms with Crippen molar-refractivity contribution in [1.82, 2.24) is 19.4 Å². The van der Waals surface area contributed by atoms with Gasteiger partial charge in [0, 0.05) is 45.6 Å². The molecule has 1 aliphatic carbocycles. The maximum atomic E-state index is 13.1. The Morgan fingerprint density at radius 1 is 1.20 bits per heavy atom. The molecule has 1 saturated heterocycles. The first kappa shape index (κ1) is 16.3. The molecule has 25 heavy (non-hydrogen) atoms. The molecule has 0 N–H and O–H groups in total. The lowest BCUT2D eigenvalue weighted by Crippen LogP contribution is -2.37. The molecule has 2 aromatic rings. The van der Waals surface area contributed by atoms with Gasteiger partial charge >= 0.3 is 0 Å². The first-order chi connectivity index (χ1) is 12.2. The second-order valence-corrected chi connectivity index (χ2v) is 7.20. The molecule has 5 nitrogen and oxygen atoms in total. The average Bonchev–Trinajstić information content (AvgIpc) is 3.15. The van der Waals surface area contributed by atoms with Gasteiger partial charge in [0.15, 0.2) is 0 Å². The topological polar surface area (TPSA) is 41.4 Å². The predicted molar refractivity (Wildman–Crippen MR) is 97.2 cm³/mol. The van der Waals surface area contributed by atoms with E-state index >= 15 is 0 Å². The molecule has 4 rings (SSSR count). The SMILES string of the molecule is Cn1ccnc1CN1CCCN(C(=O)C2CCc3ccccc32)CC1. The Balaban J connectivity index is 1.39. The fourth-order valence-corrected chi connectivity index (χ4v) is 4.13. The molecule has 1 amide bonds. The van der Waals surface area contributed by atoms with E-state index in [4.69, 9.17) is 0 Å². The third-order valence-corrected chi connectivity index (χ3v) is 5.62. The highest BCUT2D eigenvalue weighted by atomic mass is 16.2. The number of aromatic nitrogens is 2. The van der Waals surface area contributed by atoms with Gasteiger partial charge in [-0.15, -0.1) is 0 Å². The van der Waals surface area contributed by atoms with Crippen molar-refractivity contribution in [3.63, 3.8) is 0 Å². The molecule has 2 heterocycles. The Morgan fingerprint density at radius 2 is 2.08 bits per heavy atom. The molecule has 1 fully saturated rings. The molecule has 1 aliphatic heterocycles. The van der Waals surface area contributed by atoms with E-state index in [-0.39, 0.29) is 5.92 Å². The van der Waals surface area contributed by atoms with Gasteiger partial charge in [-0.3, -0.25) is 9.69 Å². The van der Waals surface area contributed by atoms with Crippen molar-refractivity contribution in [2.75, 3.05) is 26.2 Å². The molecule has 1 unspecified atom stereocenters. The van der Waals surface area contributed by atoms with Crippen molar-refractivity contribution in [1.29, 1.82) is 0 Å². The second-order valence-electron chi connectivity index (χ2n) is 7.20. The maximum Gasteiger partial charge on any atom is 0.230 e. The highest BCUT2D eigenvalue weighted by molar-refractivity contribution is 5.85. The molecule has 0 saturated carbocycles. The van der Waals surface area contributed by atoms with Crippen molar-refractivity contribution >= 4 is 5.91 Å². The predicted octanol–water partition coefficient (Wildman–Crippen LogP) is 2.18. The first-order valence-corrected chi connectivity index (χ1v) is 9.27. The number of rotatable bonds is 3. The van der Waals surface area contributed by atoms with Gasteiger partial charge in [0.25, 0.3) is 0 Å². The van der Waals surface area contributed by atoms with Crippen molar-refractivity contribution in [2.45, 2.75) is 31.7 Å². The summed E-state index contributed by atoms with van der Waals surface area (Å²) in [6, 6.07) is 8.43. The van der Waals surface area contributed by atoms with Crippen LogP contribution in [0.25, 0.3) is 0 Å². The summed E-state index contributed by atoms with van der Waals surface area (Å²) >= 11 is 0. The largest absolute Gasteiger partial charge is 0.341 e. The number of carbonyl (C=O) groups excluding carboxylic acids is 1. The molecule has 1 aromatic carbocycles. The van der Waals surface area contributed by atoms with Gasteiger partial charge in [0.2, 0.25) is 5.91 Å². The van der Waals surface area contributed by atoms with Gasteiger partial charge in [0.05, 0.1) is 12.5 Å². The average molecular weight is 338 g/mol. The Morgan fingerprint density at radius 3 is 2.92 bits per heavy atom. The minimum atomic E-state index is 0.0669. The number of aryl methyl sites for hydroxylation is 2. The van der Waals surface area contributed by atoms with Gasteiger partial charge in [0.1, 0.15) is 5.82 Å². The number of hydrogen-bond donors (Lipinski definition) is 0. The van der Waals surface area contributed by atoms with Crippen LogP contribution < -0.4 is 0 Å². The third-order valence-electron chi connectivity index (χ3n) is 5.62. The van der Waals surface area contributed by atoms with Crippen LogP contribution in [0.3, 0.4) is 0 Å². The summed E-state index contributed by atoms with van der Waals surface area (Å²) in [6.45, 7) is 4.50. The fourth-order valence-electron chi connectivity index (χ4n) is 4.13. The number of fused-ring (bicyclic) bond motifs is 1. The van der Waals surface area contributed by atoms with Crippen molar-refractivity contribution in [2.24, 2.45) is 7.05 Å². The third kappa shape index (κ3) is 3.33. The molecular weight excluding hydrogens is 312 g/mol. The summed E-state index contributed by atoms with van der Waals surface area (Å²) < 4.78 is 2.07.